The van der Waals surface area contributed by atoms with Crippen molar-refractivity contribution >= 4 is 17.2 Å². The number of ether oxygens (including phenoxy) is 1. The molecule has 2 nitrogen and oxygen atoms in total. The molecule has 1 aromatic heterocycles. The van der Waals surface area contributed by atoms with Gasteiger partial charge in [-0.25, -0.2) is 4.98 Å². The van der Waals surface area contributed by atoms with Gasteiger partial charge in [-0.05, 0) is 24.1 Å². The average molecular weight is 196 g/mol. The van der Waals surface area contributed by atoms with Gasteiger partial charge in [-0.3, -0.25) is 0 Å². The summed E-state index contributed by atoms with van der Waals surface area (Å²) in [7, 11) is 0. The van der Waals surface area contributed by atoms with E-state index >= 15 is 0 Å². The van der Waals surface area contributed by atoms with Crippen LogP contribution in [0.1, 0.15) is 12.1 Å². The van der Waals surface area contributed by atoms with Crippen molar-refractivity contribution in [3.8, 4) is 0 Å². The summed E-state index contributed by atoms with van der Waals surface area (Å²) < 4.78 is 5.21. The van der Waals surface area contributed by atoms with Crippen LogP contribution in [0.2, 0.25) is 5.15 Å². The Balaban J connectivity index is 2.29. The number of hydrogen-bond donors (Lipinski definition) is 0. The Kier molecular flexibility index (Phi) is 2.62. The van der Waals surface area contributed by atoms with Crippen molar-refractivity contribution in [2.75, 3.05) is 13.2 Å². The maximum atomic E-state index is 5.79. The van der Waals surface area contributed by atoms with Gasteiger partial charge in [0.25, 0.3) is 0 Å². The predicted molar refractivity (Wildman–Crippen MR) is 52.7 cm³/mol. The molecular weight excluding hydrogens is 186 g/mol. The van der Waals surface area contributed by atoms with Crippen molar-refractivity contribution in [1.29, 1.82) is 0 Å². The molecular formula is C10H10ClNO. The van der Waals surface area contributed by atoms with Crippen molar-refractivity contribution in [2.45, 2.75) is 6.42 Å². The molecule has 2 rings (SSSR count). The lowest BCUT2D eigenvalue weighted by Gasteiger charge is -2.12. The quantitative estimate of drug-likeness (QED) is 0.643. The zero-order chi connectivity index (χ0) is 9.10. The third-order valence-electron chi connectivity index (χ3n) is 2.01. The van der Waals surface area contributed by atoms with Gasteiger partial charge in [-0.15, -0.1) is 0 Å². The number of halogens is 1. The van der Waals surface area contributed by atoms with Crippen molar-refractivity contribution in [2.24, 2.45) is 0 Å². The van der Waals surface area contributed by atoms with E-state index in [1.165, 1.54) is 5.57 Å². The van der Waals surface area contributed by atoms with Gasteiger partial charge in [-0.1, -0.05) is 23.7 Å². The number of pyridine rings is 1. The molecule has 0 bridgehead atoms. The van der Waals surface area contributed by atoms with E-state index in [2.05, 4.69) is 11.1 Å². The fourth-order valence-electron chi connectivity index (χ4n) is 1.35. The average Bonchev–Trinajstić information content (AvgIpc) is 2.19. The van der Waals surface area contributed by atoms with Gasteiger partial charge in [0.2, 0.25) is 0 Å². The Morgan fingerprint density at radius 3 is 3.00 bits per heavy atom. The van der Waals surface area contributed by atoms with Crippen molar-refractivity contribution in [3.63, 3.8) is 0 Å². The van der Waals surface area contributed by atoms with Crippen molar-refractivity contribution in [1.82, 2.24) is 4.98 Å². The Labute approximate surface area is 82.2 Å². The first-order valence-electron chi connectivity index (χ1n) is 4.26. The van der Waals surface area contributed by atoms with E-state index < -0.39 is 0 Å². The van der Waals surface area contributed by atoms with E-state index in [1.54, 1.807) is 6.07 Å². The lowest BCUT2D eigenvalue weighted by Crippen LogP contribution is -2.04. The van der Waals surface area contributed by atoms with Crippen LogP contribution in [-0.2, 0) is 4.74 Å². The van der Waals surface area contributed by atoms with E-state index in [-0.39, 0.29) is 0 Å². The molecule has 1 aliphatic heterocycles. The Hall–Kier alpha value is -0.860. The van der Waals surface area contributed by atoms with Crippen LogP contribution in [0.25, 0.3) is 5.57 Å². The van der Waals surface area contributed by atoms with Crippen LogP contribution >= 0.6 is 11.6 Å². The summed E-state index contributed by atoms with van der Waals surface area (Å²) in [4.78, 5) is 4.24. The summed E-state index contributed by atoms with van der Waals surface area (Å²) in [5, 5.41) is 0.546. The van der Waals surface area contributed by atoms with Crippen LogP contribution in [0.4, 0.5) is 0 Å². The maximum Gasteiger partial charge on any atom is 0.129 e. The highest BCUT2D eigenvalue weighted by Gasteiger charge is 2.07. The largest absolute Gasteiger partial charge is 0.377 e. The third kappa shape index (κ3) is 2.08. The Morgan fingerprint density at radius 2 is 2.31 bits per heavy atom. The van der Waals surface area contributed by atoms with Gasteiger partial charge in [0.05, 0.1) is 18.9 Å². The lowest BCUT2D eigenvalue weighted by molar-refractivity contribution is 0.161. The molecule has 2 heterocycles. The SMILES string of the molecule is Clc1cccc(C2=CCOCC2)n1. The smallest absolute Gasteiger partial charge is 0.129 e. The van der Waals surface area contributed by atoms with E-state index in [1.807, 2.05) is 12.1 Å². The number of nitrogens with zero attached hydrogens (tertiary/aromatic N) is 1. The molecule has 0 spiro atoms. The van der Waals surface area contributed by atoms with Crippen molar-refractivity contribution < 1.29 is 4.74 Å². The molecule has 0 saturated carbocycles. The number of rotatable bonds is 1. The van der Waals surface area contributed by atoms with E-state index in [0.29, 0.717) is 11.8 Å². The second-order valence-corrected chi connectivity index (χ2v) is 3.29. The molecule has 1 aromatic rings. The van der Waals surface area contributed by atoms with Crippen LogP contribution < -0.4 is 0 Å². The summed E-state index contributed by atoms with van der Waals surface area (Å²) in [6.07, 6.45) is 2.98. The number of hydrogen-bond acceptors (Lipinski definition) is 2. The first-order chi connectivity index (χ1) is 6.36. The maximum absolute atomic E-state index is 5.79. The molecule has 0 saturated heterocycles. The molecule has 0 aromatic carbocycles. The van der Waals surface area contributed by atoms with Crippen molar-refractivity contribution in [3.05, 3.63) is 35.1 Å². The molecule has 0 atom stereocenters. The third-order valence-corrected chi connectivity index (χ3v) is 2.22. The molecule has 0 aliphatic carbocycles. The van der Waals surface area contributed by atoms with E-state index in [4.69, 9.17) is 16.3 Å². The summed E-state index contributed by atoms with van der Waals surface area (Å²) in [5.74, 6) is 0. The van der Waals surface area contributed by atoms with Crippen LogP contribution in [0.15, 0.2) is 24.3 Å². The minimum absolute atomic E-state index is 0.546. The zero-order valence-corrected chi connectivity index (χ0v) is 7.92. The highest BCUT2D eigenvalue weighted by atomic mass is 35.5. The summed E-state index contributed by atoms with van der Waals surface area (Å²) in [6, 6.07) is 5.68. The molecule has 0 N–H and O–H groups in total. The Morgan fingerprint density at radius 1 is 1.38 bits per heavy atom. The van der Waals surface area contributed by atoms with E-state index in [0.717, 1.165) is 18.7 Å². The van der Waals surface area contributed by atoms with Crippen LogP contribution in [0.5, 0.6) is 0 Å². The van der Waals surface area contributed by atoms with Crippen LogP contribution in [0, 0.1) is 0 Å². The molecule has 0 amide bonds. The first kappa shape index (κ1) is 8.73. The first-order valence-corrected chi connectivity index (χ1v) is 4.64. The van der Waals surface area contributed by atoms with Gasteiger partial charge in [0.1, 0.15) is 5.15 Å². The van der Waals surface area contributed by atoms with Gasteiger partial charge < -0.3 is 4.74 Å². The minimum Gasteiger partial charge on any atom is -0.377 e. The normalized spacial score (nSPS) is 16.8. The van der Waals surface area contributed by atoms with Gasteiger partial charge in [0, 0.05) is 0 Å². The van der Waals surface area contributed by atoms with E-state index in [9.17, 15) is 0 Å². The molecule has 0 unspecified atom stereocenters. The minimum atomic E-state index is 0.546. The van der Waals surface area contributed by atoms with Crippen LogP contribution in [-0.4, -0.2) is 18.2 Å². The molecule has 0 radical (unpaired) electrons. The van der Waals surface area contributed by atoms with Crippen LogP contribution in [0.3, 0.4) is 0 Å². The standard InChI is InChI=1S/C10H10ClNO/c11-10-3-1-2-9(12-10)8-4-6-13-7-5-8/h1-4H,5-7H2. The van der Waals surface area contributed by atoms with Gasteiger partial charge in [0.15, 0.2) is 0 Å². The van der Waals surface area contributed by atoms with Gasteiger partial charge >= 0.3 is 0 Å². The molecule has 3 heteroatoms. The summed E-state index contributed by atoms with van der Waals surface area (Å²) in [5.41, 5.74) is 2.20. The predicted octanol–water partition coefficient (Wildman–Crippen LogP) is 2.54. The molecule has 13 heavy (non-hydrogen) atoms. The lowest BCUT2D eigenvalue weighted by atomic mass is 10.1. The molecule has 68 valence electrons. The fraction of sp³-hybridized carbons (Fsp3) is 0.300. The number of aromatic nitrogens is 1. The highest BCUT2D eigenvalue weighted by Crippen LogP contribution is 2.20. The summed E-state index contributed by atoms with van der Waals surface area (Å²) >= 11 is 5.79. The Bertz CT molecular complexity index is 335. The zero-order valence-electron chi connectivity index (χ0n) is 7.16. The second kappa shape index (κ2) is 3.90. The molecule has 1 aliphatic rings. The molecule has 0 fully saturated rings. The highest BCUT2D eigenvalue weighted by molar-refractivity contribution is 6.29. The van der Waals surface area contributed by atoms with Gasteiger partial charge in [-0.2, -0.15) is 0 Å². The second-order valence-electron chi connectivity index (χ2n) is 2.90. The summed E-state index contributed by atoms with van der Waals surface area (Å²) in [6.45, 7) is 1.46. The monoisotopic (exact) mass is 195 g/mol. The topological polar surface area (TPSA) is 22.1 Å². The fourth-order valence-corrected chi connectivity index (χ4v) is 1.51.